The van der Waals surface area contributed by atoms with Crippen LogP contribution in [0.15, 0.2) is 23.1 Å². The van der Waals surface area contributed by atoms with E-state index in [4.69, 9.17) is 0 Å². The first-order valence-electron chi connectivity index (χ1n) is 11.2. The highest BCUT2D eigenvalue weighted by Crippen LogP contribution is 2.30. The SMILES string of the molecule is CC(C)C1CCN(CC2CCN(c3cc(F)cc(S(=O)(=O)C(C)C)c3)CC2)CC1. The molecule has 2 saturated heterocycles. The number of anilines is 1. The largest absolute Gasteiger partial charge is 0.371 e. The Morgan fingerprint density at radius 3 is 2.14 bits per heavy atom. The van der Waals surface area contributed by atoms with Crippen LogP contribution in [0.5, 0.6) is 0 Å². The molecule has 0 unspecified atom stereocenters. The smallest absolute Gasteiger partial charge is 0.180 e. The van der Waals surface area contributed by atoms with Crippen molar-refractivity contribution in [2.45, 2.75) is 63.5 Å². The van der Waals surface area contributed by atoms with E-state index in [1.165, 1.54) is 32.0 Å². The minimum Gasteiger partial charge on any atom is -0.371 e. The second kappa shape index (κ2) is 9.34. The van der Waals surface area contributed by atoms with E-state index < -0.39 is 20.9 Å². The van der Waals surface area contributed by atoms with Gasteiger partial charge in [-0.2, -0.15) is 0 Å². The van der Waals surface area contributed by atoms with Crippen LogP contribution in [0.25, 0.3) is 0 Å². The number of nitrogens with zero attached hydrogens (tertiary/aromatic N) is 2. The molecule has 0 saturated carbocycles. The maximum Gasteiger partial charge on any atom is 0.180 e. The minimum absolute atomic E-state index is 0.0950. The van der Waals surface area contributed by atoms with Crippen molar-refractivity contribution in [1.82, 2.24) is 4.90 Å². The van der Waals surface area contributed by atoms with Gasteiger partial charge in [0.1, 0.15) is 5.82 Å². The van der Waals surface area contributed by atoms with Gasteiger partial charge in [-0.15, -0.1) is 0 Å². The number of sulfone groups is 1. The van der Waals surface area contributed by atoms with Crippen molar-refractivity contribution in [3.63, 3.8) is 0 Å². The predicted molar refractivity (Wildman–Crippen MR) is 118 cm³/mol. The first-order chi connectivity index (χ1) is 13.7. The maximum absolute atomic E-state index is 14.2. The second-order valence-corrected chi connectivity index (χ2v) is 12.1. The van der Waals surface area contributed by atoms with E-state index in [1.807, 2.05) is 0 Å². The Morgan fingerprint density at radius 2 is 1.59 bits per heavy atom. The van der Waals surface area contributed by atoms with Crippen LogP contribution < -0.4 is 4.90 Å². The van der Waals surface area contributed by atoms with Crippen LogP contribution in [0.4, 0.5) is 10.1 Å². The molecule has 0 bridgehead atoms. The van der Waals surface area contributed by atoms with Gasteiger partial charge in [-0.25, -0.2) is 12.8 Å². The highest BCUT2D eigenvalue weighted by atomic mass is 32.2. The van der Waals surface area contributed by atoms with Crippen molar-refractivity contribution in [3.8, 4) is 0 Å². The fourth-order valence-electron chi connectivity index (χ4n) is 4.71. The summed E-state index contributed by atoms with van der Waals surface area (Å²) in [6, 6.07) is 4.26. The molecule has 0 aromatic heterocycles. The van der Waals surface area contributed by atoms with Gasteiger partial charge in [-0.05, 0) is 88.6 Å². The summed E-state index contributed by atoms with van der Waals surface area (Å²) in [5, 5.41) is -0.553. The third kappa shape index (κ3) is 5.52. The molecular formula is C23H37FN2O2S. The van der Waals surface area contributed by atoms with Crippen LogP contribution in [-0.4, -0.2) is 51.3 Å². The Hall–Kier alpha value is -1.14. The van der Waals surface area contributed by atoms with Crippen molar-refractivity contribution >= 4 is 15.5 Å². The summed E-state index contributed by atoms with van der Waals surface area (Å²) in [4.78, 5) is 4.86. The van der Waals surface area contributed by atoms with E-state index in [9.17, 15) is 12.8 Å². The van der Waals surface area contributed by atoms with Crippen LogP contribution in [-0.2, 0) is 9.84 Å². The summed E-state index contributed by atoms with van der Waals surface area (Å²) < 4.78 is 39.1. The minimum atomic E-state index is -3.47. The van der Waals surface area contributed by atoms with Gasteiger partial charge in [0, 0.05) is 25.3 Å². The zero-order chi connectivity index (χ0) is 21.2. The Bertz CT molecular complexity index is 778. The third-order valence-corrected chi connectivity index (χ3v) is 9.01. The molecule has 0 N–H and O–H groups in total. The highest BCUT2D eigenvalue weighted by Gasteiger charge is 2.27. The predicted octanol–water partition coefficient (Wildman–Crippen LogP) is 4.59. The molecule has 2 aliphatic rings. The number of rotatable bonds is 6. The van der Waals surface area contributed by atoms with E-state index in [2.05, 4.69) is 23.6 Å². The Balaban J connectivity index is 1.57. The lowest BCUT2D eigenvalue weighted by molar-refractivity contribution is 0.132. The van der Waals surface area contributed by atoms with Crippen LogP contribution in [0.2, 0.25) is 0 Å². The third-order valence-electron chi connectivity index (χ3n) is 6.88. The Morgan fingerprint density at radius 1 is 0.966 bits per heavy atom. The molecule has 2 heterocycles. The number of halogens is 1. The summed E-state index contributed by atoms with van der Waals surface area (Å²) in [5.41, 5.74) is 0.695. The van der Waals surface area contributed by atoms with Crippen molar-refractivity contribution < 1.29 is 12.8 Å². The molecule has 2 fully saturated rings. The summed E-state index contributed by atoms with van der Waals surface area (Å²) in [5.74, 6) is 1.86. The Labute approximate surface area is 176 Å². The summed E-state index contributed by atoms with van der Waals surface area (Å²) in [6.07, 6.45) is 4.78. The number of likely N-dealkylation sites (tertiary alicyclic amines) is 1. The number of benzene rings is 1. The van der Waals surface area contributed by atoms with Gasteiger partial charge in [-0.1, -0.05) is 13.8 Å². The number of hydrogen-bond donors (Lipinski definition) is 0. The Kier molecular flexibility index (Phi) is 7.26. The lowest BCUT2D eigenvalue weighted by Gasteiger charge is -2.39. The van der Waals surface area contributed by atoms with Gasteiger partial charge in [0.2, 0.25) is 0 Å². The zero-order valence-corrected chi connectivity index (χ0v) is 19.2. The summed E-state index contributed by atoms with van der Waals surface area (Å²) >= 11 is 0. The van der Waals surface area contributed by atoms with E-state index in [0.717, 1.165) is 50.4 Å². The van der Waals surface area contributed by atoms with Gasteiger partial charge in [0.25, 0.3) is 0 Å². The van der Waals surface area contributed by atoms with Gasteiger partial charge in [0.05, 0.1) is 10.1 Å². The van der Waals surface area contributed by atoms with Gasteiger partial charge in [0.15, 0.2) is 9.84 Å². The van der Waals surface area contributed by atoms with Crippen LogP contribution >= 0.6 is 0 Å². The molecule has 0 aliphatic carbocycles. The van der Waals surface area contributed by atoms with Crippen molar-refractivity contribution in [2.75, 3.05) is 37.6 Å². The van der Waals surface area contributed by atoms with Crippen molar-refractivity contribution in [3.05, 3.63) is 24.0 Å². The molecule has 2 aliphatic heterocycles. The standard InChI is InChI=1S/C23H37FN2O2S/c1-17(2)20-7-9-25(10-8-20)16-19-5-11-26(12-6-19)22-13-21(24)14-23(15-22)29(27,28)18(3)4/h13-15,17-20H,5-12,16H2,1-4H3. The van der Waals surface area contributed by atoms with Gasteiger partial charge >= 0.3 is 0 Å². The molecule has 0 radical (unpaired) electrons. The van der Waals surface area contributed by atoms with E-state index in [1.54, 1.807) is 19.9 Å². The van der Waals surface area contributed by atoms with Crippen LogP contribution in [0, 0.1) is 23.6 Å². The van der Waals surface area contributed by atoms with Crippen molar-refractivity contribution in [1.29, 1.82) is 0 Å². The molecule has 4 nitrogen and oxygen atoms in total. The zero-order valence-electron chi connectivity index (χ0n) is 18.4. The first kappa shape index (κ1) is 22.5. The highest BCUT2D eigenvalue weighted by molar-refractivity contribution is 7.92. The normalized spacial score (nSPS) is 20.7. The second-order valence-electron chi connectivity index (χ2n) is 9.55. The average molecular weight is 425 g/mol. The van der Waals surface area contributed by atoms with Crippen LogP contribution in [0.3, 0.4) is 0 Å². The molecule has 0 atom stereocenters. The average Bonchev–Trinajstić information content (AvgIpc) is 2.68. The molecule has 29 heavy (non-hydrogen) atoms. The van der Waals surface area contributed by atoms with Crippen molar-refractivity contribution in [2.24, 2.45) is 17.8 Å². The number of piperidine rings is 2. The fourth-order valence-corrected chi connectivity index (χ4v) is 5.81. The summed E-state index contributed by atoms with van der Waals surface area (Å²) in [7, 11) is -3.47. The molecule has 1 aromatic rings. The quantitative estimate of drug-likeness (QED) is 0.670. The maximum atomic E-state index is 14.2. The van der Waals surface area contributed by atoms with E-state index >= 15 is 0 Å². The molecule has 0 spiro atoms. The molecule has 1 aromatic carbocycles. The summed E-state index contributed by atoms with van der Waals surface area (Å²) in [6.45, 7) is 13.2. The monoisotopic (exact) mass is 424 g/mol. The molecule has 3 rings (SSSR count). The molecule has 6 heteroatoms. The topological polar surface area (TPSA) is 40.6 Å². The molecule has 0 amide bonds. The lowest BCUT2D eigenvalue weighted by Crippen LogP contribution is -2.42. The van der Waals surface area contributed by atoms with E-state index in [0.29, 0.717) is 11.6 Å². The van der Waals surface area contributed by atoms with Gasteiger partial charge in [-0.3, -0.25) is 0 Å². The molecule has 164 valence electrons. The lowest BCUT2D eigenvalue weighted by atomic mass is 9.86. The van der Waals surface area contributed by atoms with Crippen LogP contribution in [0.1, 0.15) is 53.4 Å². The molecular weight excluding hydrogens is 387 g/mol. The first-order valence-corrected chi connectivity index (χ1v) is 12.7. The fraction of sp³-hybridized carbons (Fsp3) is 0.739. The number of hydrogen-bond acceptors (Lipinski definition) is 4. The van der Waals surface area contributed by atoms with Gasteiger partial charge < -0.3 is 9.80 Å². The van der Waals surface area contributed by atoms with E-state index in [-0.39, 0.29) is 4.90 Å².